The minimum absolute atomic E-state index is 0.241. The SMILES string of the molecule is [B]C1CCN(C)CC1.[B]c1ccc(C)c(F)c1. The topological polar surface area (TPSA) is 3.24 Å². The molecule has 1 nitrogen and oxygen atoms in total. The Kier molecular flexibility index (Phi) is 5.76. The largest absolute Gasteiger partial charge is 0.306 e. The van der Waals surface area contributed by atoms with Crippen LogP contribution in [0.5, 0.6) is 0 Å². The molecule has 1 aliphatic rings. The van der Waals surface area contributed by atoms with E-state index in [0.717, 1.165) is 0 Å². The summed E-state index contributed by atoms with van der Waals surface area (Å²) in [6, 6.07) is 4.65. The molecular formula is C13H18B2FN. The second-order valence-electron chi connectivity index (χ2n) is 4.65. The minimum atomic E-state index is -0.241. The molecule has 0 saturated carbocycles. The molecule has 0 unspecified atom stereocenters. The van der Waals surface area contributed by atoms with Gasteiger partial charge in [0.25, 0.3) is 0 Å². The Morgan fingerprint density at radius 1 is 1.29 bits per heavy atom. The molecular weight excluding hydrogens is 211 g/mol. The summed E-state index contributed by atoms with van der Waals surface area (Å²) in [5.74, 6) is 0.237. The van der Waals surface area contributed by atoms with Crippen molar-refractivity contribution < 1.29 is 4.39 Å². The van der Waals surface area contributed by atoms with Crippen LogP contribution in [0.4, 0.5) is 4.39 Å². The van der Waals surface area contributed by atoms with Gasteiger partial charge in [-0.05, 0) is 51.5 Å². The molecule has 1 saturated heterocycles. The van der Waals surface area contributed by atoms with E-state index in [1.54, 1.807) is 19.1 Å². The Balaban J connectivity index is 0.000000171. The molecule has 1 fully saturated rings. The summed E-state index contributed by atoms with van der Waals surface area (Å²) in [5.41, 5.74) is 1.10. The predicted molar refractivity (Wildman–Crippen MR) is 72.8 cm³/mol. The van der Waals surface area contributed by atoms with Crippen LogP contribution in [0.2, 0.25) is 5.82 Å². The van der Waals surface area contributed by atoms with Gasteiger partial charge in [-0.1, -0.05) is 23.4 Å². The molecule has 1 heterocycles. The van der Waals surface area contributed by atoms with E-state index in [4.69, 9.17) is 15.7 Å². The van der Waals surface area contributed by atoms with E-state index in [2.05, 4.69) is 11.9 Å². The van der Waals surface area contributed by atoms with Gasteiger partial charge in [0.15, 0.2) is 0 Å². The predicted octanol–water partition coefficient (Wildman–Crippen LogP) is 1.60. The molecule has 0 amide bonds. The average molecular weight is 229 g/mol. The zero-order valence-corrected chi connectivity index (χ0v) is 10.6. The molecule has 1 aromatic carbocycles. The molecule has 0 bridgehead atoms. The van der Waals surface area contributed by atoms with Gasteiger partial charge in [0.2, 0.25) is 0 Å². The van der Waals surface area contributed by atoms with E-state index in [-0.39, 0.29) is 5.82 Å². The standard InChI is InChI=1S/C7H6BF.C6H12BN/c1-5-2-3-6(8)4-7(5)9;1-8-4-2-6(7)3-5-8/h2-4H,1H3;6H,2-5H2,1H3. The first kappa shape index (κ1) is 14.3. The highest BCUT2D eigenvalue weighted by Gasteiger charge is 2.10. The Labute approximate surface area is 106 Å². The Hall–Kier alpha value is -0.760. The maximum atomic E-state index is 12.5. The fraction of sp³-hybridized carbons (Fsp3) is 0.538. The van der Waals surface area contributed by atoms with Crippen LogP contribution in [-0.4, -0.2) is 40.7 Å². The van der Waals surface area contributed by atoms with Crippen LogP contribution in [0.3, 0.4) is 0 Å². The fourth-order valence-corrected chi connectivity index (χ4v) is 1.64. The Morgan fingerprint density at radius 2 is 1.88 bits per heavy atom. The fourth-order valence-electron chi connectivity index (χ4n) is 1.64. The average Bonchev–Trinajstić information content (AvgIpc) is 2.29. The second-order valence-corrected chi connectivity index (χ2v) is 4.65. The van der Waals surface area contributed by atoms with Crippen molar-refractivity contribution in [2.24, 2.45) is 0 Å². The van der Waals surface area contributed by atoms with Gasteiger partial charge in [0, 0.05) is 0 Å². The van der Waals surface area contributed by atoms with Crippen molar-refractivity contribution in [3.63, 3.8) is 0 Å². The number of likely N-dealkylation sites (tertiary alicyclic amines) is 1. The number of aryl methyl sites for hydroxylation is 1. The van der Waals surface area contributed by atoms with Gasteiger partial charge in [-0.2, -0.15) is 0 Å². The monoisotopic (exact) mass is 229 g/mol. The van der Waals surface area contributed by atoms with Crippen molar-refractivity contribution in [2.75, 3.05) is 20.1 Å². The molecule has 0 N–H and O–H groups in total. The zero-order chi connectivity index (χ0) is 12.8. The lowest BCUT2D eigenvalue weighted by atomic mass is 9.80. The third kappa shape index (κ3) is 5.40. The van der Waals surface area contributed by atoms with Gasteiger partial charge in [0.05, 0.1) is 7.85 Å². The first-order valence-corrected chi connectivity index (χ1v) is 5.95. The summed E-state index contributed by atoms with van der Waals surface area (Å²) in [5, 5.41) is 0. The van der Waals surface area contributed by atoms with Crippen LogP contribution < -0.4 is 5.46 Å². The maximum absolute atomic E-state index is 12.5. The number of rotatable bonds is 0. The first-order valence-electron chi connectivity index (χ1n) is 5.95. The van der Waals surface area contributed by atoms with Gasteiger partial charge in [-0.3, -0.25) is 0 Å². The van der Waals surface area contributed by atoms with E-state index in [1.165, 1.54) is 32.0 Å². The highest BCUT2D eigenvalue weighted by Crippen LogP contribution is 2.16. The molecule has 17 heavy (non-hydrogen) atoms. The highest BCUT2D eigenvalue weighted by atomic mass is 19.1. The normalized spacial score (nSPS) is 17.4. The molecule has 0 aliphatic carbocycles. The van der Waals surface area contributed by atoms with Gasteiger partial charge in [-0.25, -0.2) is 4.39 Å². The lowest BCUT2D eigenvalue weighted by Gasteiger charge is -2.26. The summed E-state index contributed by atoms with van der Waals surface area (Å²) in [6.07, 6.45) is 2.35. The second kappa shape index (κ2) is 6.85. The van der Waals surface area contributed by atoms with Crippen LogP contribution in [0.15, 0.2) is 18.2 Å². The van der Waals surface area contributed by atoms with Crippen molar-refractivity contribution in [1.82, 2.24) is 4.90 Å². The van der Waals surface area contributed by atoms with Gasteiger partial charge in [-0.15, -0.1) is 0 Å². The zero-order valence-electron chi connectivity index (χ0n) is 10.6. The molecule has 4 heteroatoms. The summed E-state index contributed by atoms with van der Waals surface area (Å²) < 4.78 is 12.5. The van der Waals surface area contributed by atoms with E-state index in [9.17, 15) is 4.39 Å². The number of benzene rings is 1. The Morgan fingerprint density at radius 3 is 2.29 bits per heavy atom. The van der Waals surface area contributed by atoms with Crippen molar-refractivity contribution in [3.8, 4) is 0 Å². The van der Waals surface area contributed by atoms with Crippen LogP contribution in [-0.2, 0) is 0 Å². The molecule has 88 valence electrons. The number of nitrogens with zero attached hydrogens (tertiary/aromatic N) is 1. The number of hydrogen-bond donors (Lipinski definition) is 0. The van der Waals surface area contributed by atoms with Crippen LogP contribution >= 0.6 is 0 Å². The van der Waals surface area contributed by atoms with Crippen molar-refractivity contribution in [2.45, 2.75) is 25.6 Å². The first-order chi connectivity index (χ1) is 7.99. The summed E-state index contributed by atoms with van der Waals surface area (Å²) in [4.78, 5) is 2.32. The molecule has 2 rings (SSSR count). The number of piperidine rings is 1. The third-order valence-electron chi connectivity index (χ3n) is 2.96. The van der Waals surface area contributed by atoms with Gasteiger partial charge >= 0.3 is 0 Å². The van der Waals surface area contributed by atoms with Crippen LogP contribution in [0, 0.1) is 12.7 Å². The summed E-state index contributed by atoms with van der Waals surface area (Å²) in [7, 11) is 13.1. The van der Waals surface area contributed by atoms with Crippen LogP contribution in [0.1, 0.15) is 18.4 Å². The highest BCUT2D eigenvalue weighted by molar-refractivity contribution is 6.32. The molecule has 1 aromatic rings. The molecule has 1 aliphatic heterocycles. The Bertz CT molecular complexity index is 339. The third-order valence-corrected chi connectivity index (χ3v) is 2.96. The number of halogens is 1. The van der Waals surface area contributed by atoms with Gasteiger partial charge in [0.1, 0.15) is 13.7 Å². The lowest BCUT2D eigenvalue weighted by molar-refractivity contribution is 0.277. The van der Waals surface area contributed by atoms with E-state index >= 15 is 0 Å². The van der Waals surface area contributed by atoms with Crippen molar-refractivity contribution in [1.29, 1.82) is 0 Å². The van der Waals surface area contributed by atoms with Crippen molar-refractivity contribution >= 4 is 21.2 Å². The van der Waals surface area contributed by atoms with Crippen molar-refractivity contribution in [3.05, 3.63) is 29.6 Å². The van der Waals surface area contributed by atoms with Gasteiger partial charge < -0.3 is 4.90 Å². The minimum Gasteiger partial charge on any atom is -0.306 e. The molecule has 0 atom stereocenters. The number of hydrogen-bond acceptors (Lipinski definition) is 1. The molecule has 0 spiro atoms. The van der Waals surface area contributed by atoms with Crippen LogP contribution in [0.25, 0.3) is 0 Å². The summed E-state index contributed by atoms with van der Waals surface area (Å²) >= 11 is 0. The lowest BCUT2D eigenvalue weighted by Crippen LogP contribution is -2.27. The molecule has 4 radical (unpaired) electrons. The van der Waals surface area contributed by atoms with E-state index < -0.39 is 0 Å². The molecule has 0 aromatic heterocycles. The summed E-state index contributed by atoms with van der Waals surface area (Å²) in [6.45, 7) is 4.07. The smallest absolute Gasteiger partial charge is 0.125 e. The van der Waals surface area contributed by atoms with E-state index in [1.807, 2.05) is 0 Å². The quantitative estimate of drug-likeness (QED) is 0.610. The maximum Gasteiger partial charge on any atom is 0.125 e. The van der Waals surface area contributed by atoms with E-state index in [0.29, 0.717) is 16.8 Å².